The average Bonchev–Trinajstić information content (AvgIpc) is 1.65. The van der Waals surface area contributed by atoms with Crippen molar-refractivity contribution < 1.29 is 66.5 Å². The van der Waals surface area contributed by atoms with Crippen molar-refractivity contribution in [2.45, 2.75) is 137 Å². The van der Waals surface area contributed by atoms with Gasteiger partial charge in [-0.3, -0.25) is 38.6 Å². The number of allylic oxidation sites excluding steroid dienone is 12. The second-order valence-corrected chi connectivity index (χ2v) is 34.7. The number of hydrogen-bond donors (Lipinski definition) is 0. The maximum absolute atomic E-state index is 13.4. The van der Waals surface area contributed by atoms with E-state index >= 15 is 0 Å². The maximum Gasteiger partial charge on any atom is 0.372 e. The lowest BCUT2D eigenvalue weighted by Gasteiger charge is -2.26. The number of fused-ring (bicyclic) bond motifs is 6. The number of carbonyl (C=O) groups excluding carboxylic acids is 8. The van der Waals surface area contributed by atoms with Gasteiger partial charge in [0.15, 0.2) is 11.4 Å². The molecule has 6 aromatic rings. The highest BCUT2D eigenvalue weighted by Gasteiger charge is 2.49. The fourth-order valence-corrected chi connectivity index (χ4v) is 17.6. The summed E-state index contributed by atoms with van der Waals surface area (Å²) in [5.41, 5.74) is 9.92. The fourth-order valence-electron chi connectivity index (χ4n) is 15.6. The van der Waals surface area contributed by atoms with Gasteiger partial charge in [0, 0.05) is 82.1 Å². The van der Waals surface area contributed by atoms with E-state index in [1.54, 1.807) is 0 Å². The summed E-state index contributed by atoms with van der Waals surface area (Å²) < 4.78 is 26.5. The molecule has 0 bridgehead atoms. The quantitative estimate of drug-likeness (QED) is 0.00629. The number of amides is 4. The van der Waals surface area contributed by atoms with Crippen LogP contribution in [0.2, 0.25) is 40.2 Å². The molecular formula is C91H94Cl8N6O12+2. The van der Waals surface area contributed by atoms with Crippen LogP contribution >= 0.6 is 92.8 Å². The number of halogens is 8. The molecule has 0 radical (unpaired) electrons. The van der Waals surface area contributed by atoms with Crippen molar-refractivity contribution in [3.05, 3.63) is 254 Å². The van der Waals surface area contributed by atoms with Gasteiger partial charge in [-0.25, -0.2) is 9.59 Å². The number of anilines is 2. The third kappa shape index (κ3) is 18.1. The highest BCUT2D eigenvalue weighted by Crippen LogP contribution is 2.51. The van der Waals surface area contributed by atoms with E-state index in [9.17, 15) is 38.4 Å². The summed E-state index contributed by atoms with van der Waals surface area (Å²) in [6.45, 7) is 26.3. The van der Waals surface area contributed by atoms with Gasteiger partial charge in [0.1, 0.15) is 13.1 Å². The Morgan fingerprint density at radius 1 is 0.393 bits per heavy atom. The van der Waals surface area contributed by atoms with E-state index in [1.165, 1.54) is 11.1 Å². The zero-order valence-corrected chi connectivity index (χ0v) is 73.4. The van der Waals surface area contributed by atoms with Crippen LogP contribution < -0.4 is 9.80 Å². The average molecular weight is 1750 g/mol. The summed E-state index contributed by atoms with van der Waals surface area (Å²) >= 11 is 49.6. The summed E-state index contributed by atoms with van der Waals surface area (Å²) in [6, 6.07) is 32.2. The van der Waals surface area contributed by atoms with Crippen molar-refractivity contribution >= 4 is 174 Å². The molecule has 0 aliphatic carbocycles. The van der Waals surface area contributed by atoms with Gasteiger partial charge in [-0.15, -0.1) is 0 Å². The Balaban J connectivity index is 0.000000252. The molecular weight excluding hydrogens is 1650 g/mol. The number of esters is 4. The van der Waals surface area contributed by atoms with E-state index in [4.69, 9.17) is 112 Å². The van der Waals surface area contributed by atoms with E-state index in [2.05, 4.69) is 135 Å². The number of para-hydroxylation sites is 4. The monoisotopic (exact) mass is 1740 g/mol. The smallest absolute Gasteiger partial charge is 0.372 e. The van der Waals surface area contributed by atoms with E-state index in [0.717, 1.165) is 85.8 Å². The number of benzene rings is 6. The highest BCUT2D eigenvalue weighted by molar-refractivity contribution is 6.56. The minimum atomic E-state index is -0.671. The predicted octanol–water partition coefficient (Wildman–Crippen LogP) is 21.0. The summed E-state index contributed by atoms with van der Waals surface area (Å²) in [5.74, 6) is -3.29. The van der Waals surface area contributed by atoms with Crippen LogP contribution in [0.5, 0.6) is 0 Å². The van der Waals surface area contributed by atoms with Crippen LogP contribution in [0.3, 0.4) is 0 Å². The van der Waals surface area contributed by atoms with E-state index in [1.807, 2.05) is 125 Å². The topological polar surface area (TPSA) is 192 Å². The standard InChI is InChI=1S/C51H41Cl8N4O8.C40H53N2O4/c1-50(2)26-14-8-10-16-28(26)62(24-32(64)70-22-12-20-60-46(66)34-35(47(60)67)39(53)43(57)42(56)38(34)52)30(50)18-6-5-7-19-31-51(3,4)27-15-9-11-17-29(27)63(31)25-33(65)71-23-13-21-61-48(68)36-37(49(61)69)41(55)45(59)44(58)40(36)54;1-9-29(3)24-25-45-37(43)26-41-33-20-16-14-18-31(33)39(5,6)35(41)22-12-11-13-23-36-40(7,8)32-19-15-17-21-34(32)42(36)27-38(44)46-28-30(4)10-2/h5-11,14-19H,12-13,20-25H2,1-4H3;11-23,29-30H,9-10,24-28H2,1-8H3/q2*+1. The van der Waals surface area contributed by atoms with Gasteiger partial charge >= 0.3 is 23.9 Å². The second-order valence-electron chi connectivity index (χ2n) is 31.7. The summed E-state index contributed by atoms with van der Waals surface area (Å²) in [7, 11) is 0. The van der Waals surface area contributed by atoms with Crippen molar-refractivity contribution in [3.63, 3.8) is 0 Å². The Bertz CT molecular complexity index is 5190. The molecule has 18 nitrogen and oxygen atoms in total. The number of carbonyl (C=O) groups is 8. The number of imide groups is 2. The molecule has 6 aromatic carbocycles. The van der Waals surface area contributed by atoms with Gasteiger partial charge in [0.25, 0.3) is 23.6 Å². The van der Waals surface area contributed by atoms with Gasteiger partial charge in [0.05, 0.1) is 99.7 Å². The number of hydrogen-bond acceptors (Lipinski definition) is 14. The molecule has 6 aliphatic rings. The Morgan fingerprint density at radius 2 is 0.726 bits per heavy atom. The molecule has 0 spiro atoms. The molecule has 0 saturated carbocycles. The van der Waals surface area contributed by atoms with Gasteiger partial charge in [-0.05, 0) is 94.2 Å². The molecule has 2 unspecified atom stereocenters. The molecule has 0 saturated heterocycles. The van der Waals surface area contributed by atoms with E-state index in [-0.39, 0.29) is 151 Å². The largest absolute Gasteiger partial charge is 0.464 e. The summed E-state index contributed by atoms with van der Waals surface area (Å²) in [4.78, 5) is 111. The van der Waals surface area contributed by atoms with Crippen molar-refractivity contribution in [1.82, 2.24) is 9.80 Å². The molecule has 6 aliphatic heterocycles. The fraction of sp³-hybridized carbons (Fsp3) is 0.363. The lowest BCUT2D eigenvalue weighted by molar-refractivity contribution is -0.428. The van der Waals surface area contributed by atoms with Crippen molar-refractivity contribution in [1.29, 1.82) is 0 Å². The van der Waals surface area contributed by atoms with Crippen LogP contribution in [0.4, 0.5) is 22.7 Å². The van der Waals surface area contributed by atoms with E-state index in [0.29, 0.717) is 25.0 Å². The molecule has 2 atom stereocenters. The first-order chi connectivity index (χ1) is 55.5. The molecule has 6 heterocycles. The molecule has 614 valence electrons. The first-order valence-electron chi connectivity index (χ1n) is 38.9. The van der Waals surface area contributed by atoms with Crippen LogP contribution in [0, 0.1) is 11.8 Å². The molecule has 4 amide bonds. The molecule has 12 rings (SSSR count). The molecule has 117 heavy (non-hydrogen) atoms. The van der Waals surface area contributed by atoms with Gasteiger partial charge in [-0.1, -0.05) is 270 Å². The second kappa shape index (κ2) is 37.2. The van der Waals surface area contributed by atoms with Crippen LogP contribution in [0.1, 0.15) is 179 Å². The minimum Gasteiger partial charge on any atom is -0.464 e. The predicted molar refractivity (Wildman–Crippen MR) is 465 cm³/mol. The van der Waals surface area contributed by atoms with Gasteiger partial charge in [-0.2, -0.15) is 9.15 Å². The zero-order chi connectivity index (χ0) is 84.9. The van der Waals surface area contributed by atoms with Crippen molar-refractivity contribution in [2.24, 2.45) is 11.8 Å². The summed E-state index contributed by atoms with van der Waals surface area (Å²) in [5, 5.41) is -1.14. The third-order valence-electron chi connectivity index (χ3n) is 22.6. The first kappa shape index (κ1) is 89.0. The molecule has 0 aromatic heterocycles. The SMILES string of the molecule is CC1(C)C(/C=C/C=C/C=C2/N(CC(=O)OCCCN3C(=O)c4c(Cl)c(Cl)c(Cl)c(Cl)c4C3=O)c3ccccc3C2(C)C)=[N+](CC(=O)OCCCN2C(=O)c3c(Cl)c(Cl)c(Cl)c(Cl)c3C2=O)c2ccccc21.CCC(C)CCOC(=O)C[N+]1=C(C=CC=CC=C2N(CC(=O)OCC(C)CC)c3ccccc3C2(C)C)C(C)(C)c2ccccc21. The minimum absolute atomic E-state index is 0.0702. The molecule has 0 fully saturated rings. The lowest BCUT2D eigenvalue weighted by Crippen LogP contribution is -2.33. The van der Waals surface area contributed by atoms with Crippen molar-refractivity contribution in [2.75, 3.05) is 75.5 Å². The van der Waals surface area contributed by atoms with Crippen LogP contribution in [0.25, 0.3) is 0 Å². The highest BCUT2D eigenvalue weighted by atomic mass is 35.5. The van der Waals surface area contributed by atoms with Crippen molar-refractivity contribution in [3.8, 4) is 0 Å². The molecule has 0 N–H and O–H groups in total. The Labute approximate surface area is 723 Å². The normalized spacial score (nSPS) is 17.7. The third-order valence-corrected chi connectivity index (χ3v) is 26.2. The Hall–Kier alpha value is -8.82. The number of rotatable bonds is 29. The maximum atomic E-state index is 13.4. The number of ether oxygens (including phenoxy) is 4. The van der Waals surface area contributed by atoms with Crippen LogP contribution in [0.15, 0.2) is 169 Å². The summed E-state index contributed by atoms with van der Waals surface area (Å²) in [6.07, 6.45) is 23.0. The van der Waals surface area contributed by atoms with Gasteiger partial charge < -0.3 is 28.7 Å². The lowest BCUT2D eigenvalue weighted by atomic mass is 9.81. The van der Waals surface area contributed by atoms with Gasteiger partial charge in [0.2, 0.25) is 24.5 Å². The first-order valence-corrected chi connectivity index (χ1v) is 42.0. The number of nitrogens with zero attached hydrogens (tertiary/aromatic N) is 6. The molecule has 26 heteroatoms. The Kier molecular flexibility index (Phi) is 28.3. The van der Waals surface area contributed by atoms with Crippen LogP contribution in [-0.4, -0.2) is 144 Å². The van der Waals surface area contributed by atoms with E-state index < -0.39 is 46.4 Å². The Morgan fingerprint density at radius 3 is 1.10 bits per heavy atom. The van der Waals surface area contributed by atoms with Crippen LogP contribution in [-0.2, 0) is 59.8 Å². The zero-order valence-electron chi connectivity index (χ0n) is 67.4.